The monoisotopic (exact) mass is 355 g/mol. The van der Waals surface area contributed by atoms with Crippen molar-refractivity contribution in [3.63, 3.8) is 0 Å². The summed E-state index contributed by atoms with van der Waals surface area (Å²) in [5, 5.41) is 5.48. The maximum Gasteiger partial charge on any atom is 0.276 e. The summed E-state index contributed by atoms with van der Waals surface area (Å²) in [6.07, 6.45) is 0.590. The van der Waals surface area contributed by atoms with Gasteiger partial charge in [0, 0.05) is 32.2 Å². The van der Waals surface area contributed by atoms with Gasteiger partial charge in [-0.3, -0.25) is 4.79 Å². The first-order valence-electron chi connectivity index (χ1n) is 7.25. The molecule has 1 fully saturated rings. The number of thiophene rings is 1. The van der Waals surface area contributed by atoms with Gasteiger partial charge in [0.15, 0.2) is 5.69 Å². The van der Waals surface area contributed by atoms with Crippen LogP contribution in [0.5, 0.6) is 0 Å². The Morgan fingerprint density at radius 2 is 2.13 bits per heavy atom. The molecule has 3 heterocycles. The minimum Gasteiger partial charge on any atom is -0.361 e. The van der Waals surface area contributed by atoms with Crippen LogP contribution >= 0.6 is 11.3 Å². The van der Waals surface area contributed by atoms with Crippen LogP contribution in [0, 0.1) is 6.92 Å². The minimum atomic E-state index is -3.47. The van der Waals surface area contributed by atoms with E-state index in [0.717, 1.165) is 0 Å². The smallest absolute Gasteiger partial charge is 0.276 e. The van der Waals surface area contributed by atoms with Gasteiger partial charge >= 0.3 is 0 Å². The summed E-state index contributed by atoms with van der Waals surface area (Å²) in [4.78, 5) is 14.0. The fraction of sp³-hybridized carbons (Fsp3) is 0.429. The van der Waals surface area contributed by atoms with Crippen molar-refractivity contribution in [3.05, 3.63) is 35.0 Å². The summed E-state index contributed by atoms with van der Waals surface area (Å²) in [5.41, 5.74) is 0.261. The van der Waals surface area contributed by atoms with Gasteiger partial charge in [-0.1, -0.05) is 11.2 Å². The number of sulfonamides is 1. The molecular weight excluding hydrogens is 338 g/mol. The zero-order chi connectivity index (χ0) is 16.4. The molecule has 2 aromatic rings. The number of hydrogen-bond acceptors (Lipinski definition) is 6. The molecule has 1 saturated heterocycles. The van der Waals surface area contributed by atoms with Gasteiger partial charge in [0.1, 0.15) is 9.97 Å². The van der Waals surface area contributed by atoms with Crippen molar-refractivity contribution in [2.75, 3.05) is 26.2 Å². The van der Waals surface area contributed by atoms with E-state index in [-0.39, 0.29) is 18.1 Å². The van der Waals surface area contributed by atoms with Crippen LogP contribution in [0.1, 0.15) is 22.7 Å². The molecule has 1 aliphatic heterocycles. The van der Waals surface area contributed by atoms with E-state index in [2.05, 4.69) is 5.16 Å². The predicted molar refractivity (Wildman–Crippen MR) is 84.8 cm³/mol. The van der Waals surface area contributed by atoms with Gasteiger partial charge in [0.25, 0.3) is 15.9 Å². The zero-order valence-corrected chi connectivity index (χ0v) is 14.3. The summed E-state index contributed by atoms with van der Waals surface area (Å²) in [6, 6.07) is 4.91. The molecule has 0 aromatic carbocycles. The number of aromatic nitrogens is 1. The fourth-order valence-electron chi connectivity index (χ4n) is 2.50. The highest BCUT2D eigenvalue weighted by Gasteiger charge is 2.29. The standard InChI is InChI=1S/C14H17N3O4S2/c1-11-10-12(15-21-11)14(18)16-5-3-6-17(8-7-16)23(19,20)13-4-2-9-22-13/h2,4,9-10H,3,5-8H2,1H3. The average Bonchev–Trinajstić information content (AvgIpc) is 3.13. The minimum absolute atomic E-state index is 0.225. The largest absolute Gasteiger partial charge is 0.361 e. The van der Waals surface area contributed by atoms with Crippen LogP contribution in [0.15, 0.2) is 32.3 Å². The molecule has 23 heavy (non-hydrogen) atoms. The third-order valence-corrected chi connectivity index (χ3v) is 6.95. The molecule has 0 spiro atoms. The summed E-state index contributed by atoms with van der Waals surface area (Å²) in [5.74, 6) is 0.349. The third-order valence-electron chi connectivity index (χ3n) is 3.68. The molecule has 1 amide bonds. The van der Waals surface area contributed by atoms with Crippen molar-refractivity contribution < 1.29 is 17.7 Å². The number of amides is 1. The first kappa shape index (κ1) is 16.2. The second-order valence-corrected chi connectivity index (χ2v) is 8.42. The van der Waals surface area contributed by atoms with E-state index in [0.29, 0.717) is 36.0 Å². The normalized spacial score (nSPS) is 17.2. The van der Waals surface area contributed by atoms with E-state index in [1.54, 1.807) is 35.4 Å². The number of aryl methyl sites for hydroxylation is 1. The second kappa shape index (κ2) is 6.42. The Balaban J connectivity index is 1.71. The quantitative estimate of drug-likeness (QED) is 0.835. The fourth-order valence-corrected chi connectivity index (χ4v) is 5.12. The molecule has 0 aliphatic carbocycles. The van der Waals surface area contributed by atoms with Crippen LogP contribution in [0.3, 0.4) is 0 Å². The number of hydrogen-bond donors (Lipinski definition) is 0. The molecular formula is C14H17N3O4S2. The van der Waals surface area contributed by atoms with Crippen LogP contribution in [0.25, 0.3) is 0 Å². The van der Waals surface area contributed by atoms with E-state index >= 15 is 0 Å². The number of rotatable bonds is 3. The van der Waals surface area contributed by atoms with Gasteiger partial charge < -0.3 is 9.42 Å². The molecule has 0 N–H and O–H groups in total. The zero-order valence-electron chi connectivity index (χ0n) is 12.6. The summed E-state index contributed by atoms with van der Waals surface area (Å²) < 4.78 is 31.8. The van der Waals surface area contributed by atoms with Crippen LogP contribution in [0.2, 0.25) is 0 Å². The van der Waals surface area contributed by atoms with Gasteiger partial charge in [0.2, 0.25) is 0 Å². The molecule has 0 atom stereocenters. The van der Waals surface area contributed by atoms with Crippen molar-refractivity contribution in [1.82, 2.24) is 14.4 Å². The van der Waals surface area contributed by atoms with E-state index in [1.807, 2.05) is 0 Å². The van der Waals surface area contributed by atoms with Crippen molar-refractivity contribution in [1.29, 1.82) is 0 Å². The van der Waals surface area contributed by atoms with Gasteiger partial charge in [0.05, 0.1) is 0 Å². The van der Waals surface area contributed by atoms with Crippen LogP contribution < -0.4 is 0 Å². The topological polar surface area (TPSA) is 83.7 Å². The lowest BCUT2D eigenvalue weighted by molar-refractivity contribution is 0.0754. The Labute approximate surface area is 138 Å². The van der Waals surface area contributed by atoms with E-state index in [9.17, 15) is 13.2 Å². The Bertz CT molecular complexity index is 783. The number of carbonyl (C=O) groups is 1. The van der Waals surface area contributed by atoms with Crippen molar-refractivity contribution >= 4 is 27.3 Å². The Kier molecular flexibility index (Phi) is 4.51. The van der Waals surface area contributed by atoms with E-state index in [1.165, 1.54) is 15.6 Å². The average molecular weight is 355 g/mol. The molecule has 0 bridgehead atoms. The Hall–Kier alpha value is -1.71. The van der Waals surface area contributed by atoms with Gasteiger partial charge in [-0.25, -0.2) is 8.42 Å². The SMILES string of the molecule is Cc1cc(C(=O)N2CCCN(S(=O)(=O)c3cccs3)CC2)no1. The van der Waals surface area contributed by atoms with Crippen LogP contribution in [0.4, 0.5) is 0 Å². The molecule has 0 radical (unpaired) electrons. The van der Waals surface area contributed by atoms with Crippen molar-refractivity contribution in [3.8, 4) is 0 Å². The molecule has 0 unspecified atom stereocenters. The van der Waals surface area contributed by atoms with Gasteiger partial charge in [-0.15, -0.1) is 11.3 Å². The summed E-state index contributed by atoms with van der Waals surface area (Å²) >= 11 is 1.20. The predicted octanol–water partition coefficient (Wildman–Crippen LogP) is 1.58. The van der Waals surface area contributed by atoms with Crippen molar-refractivity contribution in [2.45, 2.75) is 17.6 Å². The molecule has 124 valence electrons. The van der Waals surface area contributed by atoms with Crippen LogP contribution in [-0.2, 0) is 10.0 Å². The van der Waals surface area contributed by atoms with Crippen LogP contribution in [-0.4, -0.2) is 54.9 Å². The van der Waals surface area contributed by atoms with Gasteiger partial charge in [-0.05, 0) is 24.8 Å². The molecule has 9 heteroatoms. The second-order valence-electron chi connectivity index (χ2n) is 5.30. The maximum atomic E-state index is 12.6. The van der Waals surface area contributed by atoms with Crippen molar-refractivity contribution in [2.24, 2.45) is 0 Å². The third kappa shape index (κ3) is 3.31. The molecule has 2 aromatic heterocycles. The van der Waals surface area contributed by atoms with E-state index in [4.69, 9.17) is 4.52 Å². The Morgan fingerprint density at radius 3 is 2.78 bits per heavy atom. The molecule has 0 saturated carbocycles. The number of nitrogens with zero attached hydrogens (tertiary/aromatic N) is 3. The molecule has 1 aliphatic rings. The highest BCUT2D eigenvalue weighted by atomic mass is 32.2. The Morgan fingerprint density at radius 1 is 1.30 bits per heavy atom. The lowest BCUT2D eigenvalue weighted by atomic mass is 10.3. The lowest BCUT2D eigenvalue weighted by Gasteiger charge is -2.20. The number of carbonyl (C=O) groups excluding carboxylic acids is 1. The first-order valence-corrected chi connectivity index (χ1v) is 9.57. The summed E-state index contributed by atoms with van der Waals surface area (Å²) in [6.45, 7) is 3.25. The summed E-state index contributed by atoms with van der Waals surface area (Å²) in [7, 11) is -3.47. The maximum absolute atomic E-state index is 12.6. The van der Waals surface area contributed by atoms with Gasteiger partial charge in [-0.2, -0.15) is 4.31 Å². The molecule has 3 rings (SSSR count). The van der Waals surface area contributed by atoms with E-state index < -0.39 is 10.0 Å². The molecule has 7 nitrogen and oxygen atoms in total. The lowest BCUT2D eigenvalue weighted by Crippen LogP contribution is -2.37. The first-order chi connectivity index (χ1) is 11.0. The highest BCUT2D eigenvalue weighted by molar-refractivity contribution is 7.91. The highest BCUT2D eigenvalue weighted by Crippen LogP contribution is 2.22.